The second-order valence-electron chi connectivity index (χ2n) is 4.66. The van der Waals surface area contributed by atoms with Crippen LogP contribution < -0.4 is 10.2 Å². The molecule has 0 atom stereocenters. The summed E-state index contributed by atoms with van der Waals surface area (Å²) in [5.41, 5.74) is 2.43. The van der Waals surface area contributed by atoms with Crippen LogP contribution in [0.5, 0.6) is 0 Å². The van der Waals surface area contributed by atoms with Crippen LogP contribution in [0.25, 0.3) is 6.08 Å². The molecule has 1 aromatic carbocycles. The first kappa shape index (κ1) is 15.1. The van der Waals surface area contributed by atoms with E-state index in [2.05, 4.69) is 10.3 Å². The second kappa shape index (κ2) is 6.90. The maximum Gasteiger partial charge on any atom is 0.248 e. The first-order valence-corrected chi connectivity index (χ1v) is 6.80. The molecule has 0 spiro atoms. The van der Waals surface area contributed by atoms with Crippen molar-refractivity contribution >= 4 is 35.0 Å². The zero-order chi connectivity index (χ0) is 15.2. The Kier molecular flexibility index (Phi) is 4.95. The molecule has 0 saturated heterocycles. The second-order valence-corrected chi connectivity index (χ2v) is 5.10. The zero-order valence-electron chi connectivity index (χ0n) is 11.9. The van der Waals surface area contributed by atoms with Crippen LogP contribution in [0, 0.1) is 0 Å². The van der Waals surface area contributed by atoms with Crippen LogP contribution in [0.2, 0.25) is 5.02 Å². The highest BCUT2D eigenvalue weighted by Gasteiger charge is 2.07. The van der Waals surface area contributed by atoms with E-state index in [-0.39, 0.29) is 5.91 Å². The molecule has 0 fully saturated rings. The van der Waals surface area contributed by atoms with E-state index in [1.165, 1.54) is 6.08 Å². The van der Waals surface area contributed by atoms with E-state index in [1.807, 2.05) is 37.2 Å². The molecule has 0 saturated carbocycles. The van der Waals surface area contributed by atoms with Crippen molar-refractivity contribution in [3.63, 3.8) is 0 Å². The summed E-state index contributed by atoms with van der Waals surface area (Å²) in [7, 11) is 3.81. The minimum absolute atomic E-state index is 0.218. The molecular formula is C16H16ClN3O. The van der Waals surface area contributed by atoms with Gasteiger partial charge in [-0.3, -0.25) is 9.78 Å². The minimum atomic E-state index is -0.218. The molecule has 0 radical (unpaired) electrons. The molecule has 1 amide bonds. The van der Waals surface area contributed by atoms with E-state index in [0.717, 1.165) is 11.3 Å². The monoisotopic (exact) mass is 301 g/mol. The molecule has 1 heterocycles. The normalized spacial score (nSPS) is 10.6. The first-order valence-electron chi connectivity index (χ1n) is 6.42. The van der Waals surface area contributed by atoms with Crippen LogP contribution in [0.4, 0.5) is 11.4 Å². The van der Waals surface area contributed by atoms with Gasteiger partial charge in [-0.15, -0.1) is 0 Å². The minimum Gasteiger partial charge on any atom is -0.376 e. The van der Waals surface area contributed by atoms with Crippen molar-refractivity contribution in [2.75, 3.05) is 24.3 Å². The average Bonchev–Trinajstić information content (AvgIpc) is 2.46. The van der Waals surface area contributed by atoms with Gasteiger partial charge in [-0.25, -0.2) is 0 Å². The van der Waals surface area contributed by atoms with Gasteiger partial charge in [0.25, 0.3) is 0 Å². The zero-order valence-corrected chi connectivity index (χ0v) is 12.6. The summed E-state index contributed by atoms with van der Waals surface area (Å²) < 4.78 is 0. The summed E-state index contributed by atoms with van der Waals surface area (Å²) in [5.74, 6) is -0.218. The van der Waals surface area contributed by atoms with Crippen LogP contribution in [0.3, 0.4) is 0 Å². The number of amides is 1. The first-order chi connectivity index (χ1) is 10.1. The summed E-state index contributed by atoms with van der Waals surface area (Å²) in [4.78, 5) is 17.9. The van der Waals surface area contributed by atoms with E-state index in [4.69, 9.17) is 11.6 Å². The van der Waals surface area contributed by atoms with Crippen molar-refractivity contribution in [1.29, 1.82) is 0 Å². The largest absolute Gasteiger partial charge is 0.376 e. The Labute approximate surface area is 129 Å². The van der Waals surface area contributed by atoms with Gasteiger partial charge in [0.15, 0.2) is 0 Å². The fourth-order valence-electron chi connectivity index (χ4n) is 1.82. The number of carbonyl (C=O) groups is 1. The summed E-state index contributed by atoms with van der Waals surface area (Å²) in [5, 5.41) is 3.41. The van der Waals surface area contributed by atoms with Crippen molar-refractivity contribution in [2.45, 2.75) is 0 Å². The molecule has 21 heavy (non-hydrogen) atoms. The highest BCUT2D eigenvalue weighted by Crippen LogP contribution is 2.27. The van der Waals surface area contributed by atoms with Crippen molar-refractivity contribution in [1.82, 2.24) is 4.98 Å². The number of pyridine rings is 1. The van der Waals surface area contributed by atoms with Crippen LogP contribution >= 0.6 is 11.6 Å². The van der Waals surface area contributed by atoms with Crippen molar-refractivity contribution in [2.24, 2.45) is 0 Å². The molecule has 0 aliphatic rings. The quantitative estimate of drug-likeness (QED) is 0.880. The third kappa shape index (κ3) is 4.33. The van der Waals surface area contributed by atoms with Crippen molar-refractivity contribution < 1.29 is 4.79 Å². The summed E-state index contributed by atoms with van der Waals surface area (Å²) in [6, 6.07) is 9.08. The number of hydrogen-bond donors (Lipinski definition) is 1. The molecule has 0 bridgehead atoms. The van der Waals surface area contributed by atoms with Gasteiger partial charge in [0.05, 0.1) is 11.4 Å². The van der Waals surface area contributed by atoms with E-state index in [0.29, 0.717) is 10.7 Å². The summed E-state index contributed by atoms with van der Waals surface area (Å²) in [6.07, 6.45) is 6.56. The third-order valence-electron chi connectivity index (χ3n) is 2.81. The summed E-state index contributed by atoms with van der Waals surface area (Å²) in [6.45, 7) is 0. The average molecular weight is 302 g/mol. The Balaban J connectivity index is 2.13. The Morgan fingerprint density at radius 1 is 1.33 bits per heavy atom. The van der Waals surface area contributed by atoms with Gasteiger partial charge in [-0.1, -0.05) is 17.7 Å². The fraction of sp³-hybridized carbons (Fsp3) is 0.125. The number of rotatable bonds is 4. The van der Waals surface area contributed by atoms with Gasteiger partial charge >= 0.3 is 0 Å². The smallest absolute Gasteiger partial charge is 0.248 e. The fourth-order valence-corrected chi connectivity index (χ4v) is 1.99. The van der Waals surface area contributed by atoms with E-state index < -0.39 is 0 Å². The number of aromatic nitrogens is 1. The molecule has 1 aromatic heterocycles. The van der Waals surface area contributed by atoms with E-state index >= 15 is 0 Å². The SMILES string of the molecule is CN(C)c1ccc(Cl)cc1NC(=O)/C=C/c1cccnc1. The lowest BCUT2D eigenvalue weighted by Gasteiger charge is -2.17. The highest BCUT2D eigenvalue weighted by molar-refractivity contribution is 6.31. The number of hydrogen-bond acceptors (Lipinski definition) is 3. The van der Waals surface area contributed by atoms with Crippen molar-refractivity contribution in [3.8, 4) is 0 Å². The maximum atomic E-state index is 12.0. The Hall–Kier alpha value is -2.33. The molecule has 0 aliphatic carbocycles. The van der Waals surface area contributed by atoms with Gasteiger partial charge in [0, 0.05) is 37.6 Å². The molecular weight excluding hydrogens is 286 g/mol. The lowest BCUT2D eigenvalue weighted by molar-refractivity contribution is -0.111. The third-order valence-corrected chi connectivity index (χ3v) is 3.04. The Morgan fingerprint density at radius 2 is 2.14 bits per heavy atom. The molecule has 0 unspecified atom stereocenters. The number of anilines is 2. The number of carbonyl (C=O) groups excluding carboxylic acids is 1. The molecule has 2 rings (SSSR count). The Bertz CT molecular complexity index is 654. The van der Waals surface area contributed by atoms with Gasteiger partial charge in [-0.05, 0) is 35.9 Å². The lowest BCUT2D eigenvalue weighted by Crippen LogP contribution is -2.15. The lowest BCUT2D eigenvalue weighted by atomic mass is 10.2. The van der Waals surface area contributed by atoms with Gasteiger partial charge in [0.2, 0.25) is 5.91 Å². The van der Waals surface area contributed by atoms with E-state index in [9.17, 15) is 4.79 Å². The highest BCUT2D eigenvalue weighted by atomic mass is 35.5. The maximum absolute atomic E-state index is 12.0. The van der Waals surface area contributed by atoms with Gasteiger partial charge in [0.1, 0.15) is 0 Å². The molecule has 108 valence electrons. The standard InChI is InChI=1S/C16H16ClN3O/c1-20(2)15-7-6-13(17)10-14(15)19-16(21)8-5-12-4-3-9-18-11-12/h3-11H,1-2H3,(H,19,21)/b8-5+. The molecule has 0 aliphatic heterocycles. The van der Waals surface area contributed by atoms with Crippen molar-refractivity contribution in [3.05, 3.63) is 59.4 Å². The van der Waals surface area contributed by atoms with Crippen LogP contribution in [-0.4, -0.2) is 25.0 Å². The molecule has 1 N–H and O–H groups in total. The van der Waals surface area contributed by atoms with Gasteiger partial charge < -0.3 is 10.2 Å². The molecule has 2 aromatic rings. The predicted molar refractivity (Wildman–Crippen MR) is 87.7 cm³/mol. The number of halogens is 1. The predicted octanol–water partition coefficient (Wildman–Crippen LogP) is 3.45. The topological polar surface area (TPSA) is 45.2 Å². The van der Waals surface area contributed by atoms with Gasteiger partial charge in [-0.2, -0.15) is 0 Å². The molecule has 4 nitrogen and oxygen atoms in total. The molecule has 5 heteroatoms. The summed E-state index contributed by atoms with van der Waals surface area (Å²) >= 11 is 5.98. The van der Waals surface area contributed by atoms with Crippen LogP contribution in [0.15, 0.2) is 48.8 Å². The number of benzene rings is 1. The van der Waals surface area contributed by atoms with Crippen LogP contribution in [-0.2, 0) is 4.79 Å². The Morgan fingerprint density at radius 3 is 2.81 bits per heavy atom. The van der Waals surface area contributed by atoms with E-state index in [1.54, 1.807) is 30.6 Å². The van der Waals surface area contributed by atoms with Crippen LogP contribution in [0.1, 0.15) is 5.56 Å². The number of nitrogens with one attached hydrogen (secondary N) is 1. The number of nitrogens with zero attached hydrogens (tertiary/aromatic N) is 2.